The first-order chi connectivity index (χ1) is 30.8. The fraction of sp³-hybridized carbons (Fsp3) is 0.476. The third-order valence-electron chi connectivity index (χ3n) is 12.3. The number of carbonyl (C=O) groups is 1. The number of pyridine rings is 1. The number of nitrogens with zero attached hydrogens (tertiary/aromatic N) is 5. The summed E-state index contributed by atoms with van der Waals surface area (Å²) in [5, 5.41) is 9.89. The maximum Gasteiger partial charge on any atom is 0.293 e. The first kappa shape index (κ1) is 48.4. The van der Waals surface area contributed by atoms with Crippen molar-refractivity contribution in [3.05, 3.63) is 90.5 Å². The summed E-state index contributed by atoms with van der Waals surface area (Å²) in [5.74, 6) is -9.56. The minimum Gasteiger partial charge on any atom is -0.346 e. The number of nitrogens with one attached hydrogen (secondary N) is 2. The Hall–Kier alpha value is -4.10. The number of sulfone groups is 1. The molecule has 2 aromatic carbocycles. The normalized spacial score (nSPS) is 18.5. The first-order valence-electron chi connectivity index (χ1n) is 20.8. The van der Waals surface area contributed by atoms with Crippen LogP contribution >= 0.6 is 34.2 Å². The first-order valence-corrected chi connectivity index (χ1v) is 25.4. The quantitative estimate of drug-likeness (QED) is 0.0649. The van der Waals surface area contributed by atoms with Crippen molar-refractivity contribution in [3.8, 4) is 11.1 Å². The molecule has 2 fully saturated rings. The molecule has 0 aliphatic heterocycles. The van der Waals surface area contributed by atoms with E-state index in [1.54, 1.807) is 19.9 Å². The highest BCUT2D eigenvalue weighted by atomic mass is 127. The number of amides is 1. The van der Waals surface area contributed by atoms with Crippen molar-refractivity contribution in [1.82, 2.24) is 29.9 Å². The van der Waals surface area contributed by atoms with Crippen molar-refractivity contribution in [2.24, 2.45) is 5.92 Å². The number of fused-ring (bicyclic) bond motifs is 4. The minimum absolute atomic E-state index is 0.0231. The summed E-state index contributed by atoms with van der Waals surface area (Å²) in [6.45, 7) is 2.43. The van der Waals surface area contributed by atoms with Gasteiger partial charge in [0.2, 0.25) is 15.9 Å². The molecule has 5 aromatic rings. The zero-order chi connectivity index (χ0) is 48.0. The van der Waals surface area contributed by atoms with Crippen LogP contribution in [0.5, 0.6) is 0 Å². The molecule has 3 atom stereocenters. The van der Waals surface area contributed by atoms with Crippen LogP contribution in [0, 0.1) is 21.1 Å². The number of benzene rings is 2. The van der Waals surface area contributed by atoms with Crippen LogP contribution in [0.4, 0.5) is 40.9 Å². The van der Waals surface area contributed by atoms with Crippen molar-refractivity contribution in [2.75, 3.05) is 10.5 Å². The summed E-state index contributed by atoms with van der Waals surface area (Å²) in [5.41, 5.74) is -1.85. The molecule has 8 rings (SSSR count). The van der Waals surface area contributed by atoms with Crippen molar-refractivity contribution < 1.29 is 56.8 Å². The van der Waals surface area contributed by atoms with E-state index in [2.05, 4.69) is 20.2 Å². The molecule has 24 heteroatoms. The second kappa shape index (κ2) is 17.5. The number of aromatic nitrogens is 5. The van der Waals surface area contributed by atoms with Gasteiger partial charge in [0.05, 0.1) is 49.1 Å². The zero-order valence-corrected chi connectivity index (χ0v) is 39.7. The van der Waals surface area contributed by atoms with E-state index in [0.29, 0.717) is 27.2 Å². The van der Waals surface area contributed by atoms with Crippen LogP contribution in [0.1, 0.15) is 98.7 Å². The highest BCUT2D eigenvalue weighted by Crippen LogP contribution is 2.68. The van der Waals surface area contributed by atoms with E-state index in [4.69, 9.17) is 16.6 Å². The Kier molecular flexibility index (Phi) is 12.8. The van der Waals surface area contributed by atoms with Crippen LogP contribution in [0.3, 0.4) is 0 Å². The predicted octanol–water partition coefficient (Wildman–Crippen LogP) is 9.39. The van der Waals surface area contributed by atoms with Gasteiger partial charge in [-0.2, -0.15) is 19.0 Å². The molecule has 356 valence electrons. The van der Waals surface area contributed by atoms with Gasteiger partial charge >= 0.3 is 0 Å². The van der Waals surface area contributed by atoms with Gasteiger partial charge in [-0.3, -0.25) is 23.9 Å². The maximum absolute atomic E-state index is 15.6. The number of rotatable bonds is 18. The number of halogens is 10. The Morgan fingerprint density at radius 3 is 2.29 bits per heavy atom. The van der Waals surface area contributed by atoms with Crippen molar-refractivity contribution in [2.45, 2.75) is 113 Å². The van der Waals surface area contributed by atoms with E-state index in [0.717, 1.165) is 16.8 Å². The van der Waals surface area contributed by atoms with E-state index >= 15 is 8.78 Å². The Labute approximate surface area is 392 Å². The molecule has 3 aliphatic rings. The average Bonchev–Trinajstić information content (AvgIpc) is 4.14. The second-order valence-corrected chi connectivity index (χ2v) is 23.8. The molecule has 3 heterocycles. The number of anilines is 1. The standard InChI is InChI=1S/C42H41ClF8IN7O5S2/c1-4-65(61,62)57-40-34-27(43)8-7-23(37(34)58(56-40)17-31(46)47)24-16-28(52)29(9-10-41(2,3)66(63,64)22-5-6-22)54-35(24)30(13-19-11-20(44)14-21(45)12-19)53-32(60)18-59-38-33(36(55-59)39(48)49)25-15-26(25)42(38,50)51/h7-8,11-12,14,16,22,25-26,30-31,39H,4-6,9-10,13,15,17-18H2,1-3H3,(H,53,60)(H,56,57)/t25-,26+,30-/m0/s1. The molecule has 12 nitrogen and oxygen atoms in total. The van der Waals surface area contributed by atoms with Crippen molar-refractivity contribution >= 4 is 76.7 Å². The fourth-order valence-electron chi connectivity index (χ4n) is 8.78. The lowest BCUT2D eigenvalue weighted by Gasteiger charge is -2.26. The van der Waals surface area contributed by atoms with Crippen LogP contribution < -0.4 is 10.0 Å². The van der Waals surface area contributed by atoms with E-state index in [1.165, 1.54) is 19.1 Å². The van der Waals surface area contributed by atoms with Gasteiger partial charge in [0.1, 0.15) is 36.1 Å². The summed E-state index contributed by atoms with van der Waals surface area (Å²) in [4.78, 5) is 19.2. The number of alkyl halides is 6. The van der Waals surface area contributed by atoms with E-state index in [-0.39, 0.29) is 74.6 Å². The number of hydrogen-bond donors (Lipinski definition) is 2. The summed E-state index contributed by atoms with van der Waals surface area (Å²) in [7, 11) is -7.66. The van der Waals surface area contributed by atoms with Gasteiger partial charge in [-0.15, -0.1) is 0 Å². The molecule has 1 amide bonds. The Bertz CT molecular complexity index is 2980. The van der Waals surface area contributed by atoms with Crippen LogP contribution in [0.15, 0.2) is 36.4 Å². The lowest BCUT2D eigenvalue weighted by molar-refractivity contribution is -0.123. The monoisotopic (exact) mass is 1100 g/mol. The summed E-state index contributed by atoms with van der Waals surface area (Å²) in [6, 6.07) is 5.35. The highest BCUT2D eigenvalue weighted by Gasteiger charge is 2.67. The molecule has 0 saturated heterocycles. The molecule has 0 unspecified atom stereocenters. The number of aryl methyl sites for hydroxylation is 1. The Morgan fingerprint density at radius 1 is 0.985 bits per heavy atom. The number of hydrogen-bond acceptors (Lipinski definition) is 8. The highest BCUT2D eigenvalue weighted by molar-refractivity contribution is 14.1. The van der Waals surface area contributed by atoms with Gasteiger partial charge < -0.3 is 5.32 Å². The minimum atomic E-state index is -4.07. The van der Waals surface area contributed by atoms with Crippen LogP contribution in [0.2, 0.25) is 5.02 Å². The van der Waals surface area contributed by atoms with Crippen molar-refractivity contribution in [1.29, 1.82) is 0 Å². The van der Waals surface area contributed by atoms with Gasteiger partial charge in [0.25, 0.3) is 18.8 Å². The van der Waals surface area contributed by atoms with Crippen LogP contribution in [0.25, 0.3) is 22.0 Å². The Balaban J connectivity index is 1.31. The van der Waals surface area contributed by atoms with E-state index in [1.807, 2.05) is 22.6 Å². The maximum atomic E-state index is 15.6. The third-order valence-corrected chi connectivity index (χ3v) is 17.9. The van der Waals surface area contributed by atoms with Gasteiger partial charge in [-0.1, -0.05) is 17.7 Å². The van der Waals surface area contributed by atoms with E-state index < -0.39 is 121 Å². The molecule has 2 saturated carbocycles. The summed E-state index contributed by atoms with van der Waals surface area (Å²) < 4.78 is 173. The van der Waals surface area contributed by atoms with Gasteiger partial charge in [0, 0.05) is 32.2 Å². The molecule has 66 heavy (non-hydrogen) atoms. The zero-order valence-electron chi connectivity index (χ0n) is 35.2. The fourth-order valence-corrected chi connectivity index (χ4v) is 12.3. The number of sulfonamides is 1. The van der Waals surface area contributed by atoms with Gasteiger partial charge in [0.15, 0.2) is 15.7 Å². The average molecular weight is 1100 g/mol. The Morgan fingerprint density at radius 2 is 1.67 bits per heavy atom. The van der Waals surface area contributed by atoms with Crippen LogP contribution in [-0.2, 0) is 56.5 Å². The molecule has 0 spiro atoms. The topological polar surface area (TPSA) is 158 Å². The molecule has 3 aromatic heterocycles. The molecule has 3 aliphatic carbocycles. The van der Waals surface area contributed by atoms with Crippen molar-refractivity contribution in [3.63, 3.8) is 0 Å². The summed E-state index contributed by atoms with van der Waals surface area (Å²) >= 11 is 8.59. The smallest absolute Gasteiger partial charge is 0.293 e. The van der Waals surface area contributed by atoms with E-state index in [9.17, 15) is 48.0 Å². The lowest BCUT2D eigenvalue weighted by Crippen LogP contribution is -2.36. The molecule has 0 bridgehead atoms. The predicted molar refractivity (Wildman–Crippen MR) is 237 cm³/mol. The summed E-state index contributed by atoms with van der Waals surface area (Å²) in [6.07, 6.45) is -5.64. The van der Waals surface area contributed by atoms with Gasteiger partial charge in [-0.05, 0) is 118 Å². The van der Waals surface area contributed by atoms with Gasteiger partial charge in [-0.25, -0.2) is 43.2 Å². The SMILES string of the molecule is CCS(=O)(=O)Nc1nn(CC(F)F)c2c(-c3cc(I)c(CCC(C)(C)S(=O)(=O)C4CC4)nc3[C@H](Cc3cc(F)cc(F)c3)NC(=O)Cn3nc(C(F)F)c4c3C(F)(F)[C@@H]3C[C@H]43)ccc(Cl)c12. The molecular weight excluding hydrogens is 1060 g/mol. The molecule has 2 N–H and O–H groups in total. The van der Waals surface area contributed by atoms with Crippen LogP contribution in [-0.4, -0.2) is 69.5 Å². The number of carbonyl (C=O) groups excluding carboxylic acids is 1. The lowest BCUT2D eigenvalue weighted by atomic mass is 9.93. The third kappa shape index (κ3) is 9.13. The largest absolute Gasteiger partial charge is 0.346 e. The second-order valence-electron chi connectivity index (χ2n) is 17.4. The molecule has 0 radical (unpaired) electrons. The molecular formula is C42H41ClF8IN7O5S2.